The van der Waals surface area contributed by atoms with Gasteiger partial charge in [-0.2, -0.15) is 5.10 Å². The number of aliphatic hydroxyl groups excluding tert-OH is 1. The lowest BCUT2D eigenvalue weighted by Gasteiger charge is -2.59. The first kappa shape index (κ1) is 25.2. The number of aliphatic hydroxyl groups is 1. The predicted octanol–water partition coefficient (Wildman–Crippen LogP) is 6.15. The van der Waals surface area contributed by atoms with Gasteiger partial charge in [0, 0.05) is 35.5 Å². The standard InChI is InChI=1S/C29H41ClN2O3/c1-4-12-29(18-35-3)20(17-33)6-8-22-23-9-10-25(28(23,2)13-11-24(22)29)27(34)16-32-26-14-21(30)7-5-19(26)15-31-32/h5,7,14-15,20,22-25,33H,4,6,8-13,16-18H2,1-3H3/t20-,22?,23?,24?,25?,28?,29?/m1/s1. The zero-order valence-electron chi connectivity index (χ0n) is 21.5. The number of rotatable bonds is 8. The number of hydrogen-bond acceptors (Lipinski definition) is 4. The lowest BCUT2D eigenvalue weighted by atomic mass is 9.46. The molecule has 0 radical (unpaired) electrons. The molecule has 2 aromatic rings. The van der Waals surface area contributed by atoms with Gasteiger partial charge in [0.2, 0.25) is 0 Å². The Balaban J connectivity index is 1.39. The average Bonchev–Trinajstić information content (AvgIpc) is 3.40. The average molecular weight is 501 g/mol. The van der Waals surface area contributed by atoms with Crippen molar-refractivity contribution in [1.29, 1.82) is 0 Å². The van der Waals surface area contributed by atoms with Crippen LogP contribution in [0.25, 0.3) is 10.9 Å². The predicted molar refractivity (Wildman–Crippen MR) is 139 cm³/mol. The van der Waals surface area contributed by atoms with E-state index in [1.54, 1.807) is 0 Å². The van der Waals surface area contributed by atoms with Crippen molar-refractivity contribution >= 4 is 28.3 Å². The molecule has 0 bridgehead atoms. The molecule has 0 spiro atoms. The fourth-order valence-corrected chi connectivity index (χ4v) is 9.20. The Hall–Kier alpha value is -1.43. The van der Waals surface area contributed by atoms with Crippen LogP contribution in [0.2, 0.25) is 5.02 Å². The van der Waals surface area contributed by atoms with Crippen LogP contribution >= 0.6 is 11.6 Å². The molecule has 3 fully saturated rings. The van der Waals surface area contributed by atoms with E-state index in [0.717, 1.165) is 62.5 Å². The highest BCUT2D eigenvalue weighted by atomic mass is 35.5. The number of aromatic nitrogens is 2. The van der Waals surface area contributed by atoms with Gasteiger partial charge < -0.3 is 9.84 Å². The van der Waals surface area contributed by atoms with E-state index in [2.05, 4.69) is 18.9 Å². The first-order valence-corrected chi connectivity index (χ1v) is 14.0. The Morgan fingerprint density at radius 3 is 2.80 bits per heavy atom. The number of halogens is 1. The third-order valence-electron chi connectivity index (χ3n) is 10.5. The minimum absolute atomic E-state index is 0.0515. The summed E-state index contributed by atoms with van der Waals surface area (Å²) in [5, 5.41) is 16.5. The smallest absolute Gasteiger partial charge is 0.157 e. The van der Waals surface area contributed by atoms with Gasteiger partial charge in [0.15, 0.2) is 5.78 Å². The Labute approximate surface area is 214 Å². The Morgan fingerprint density at radius 2 is 2.06 bits per heavy atom. The van der Waals surface area contributed by atoms with Crippen molar-refractivity contribution in [2.75, 3.05) is 20.3 Å². The van der Waals surface area contributed by atoms with Crippen molar-refractivity contribution in [3.05, 3.63) is 29.4 Å². The third kappa shape index (κ3) is 4.06. The number of fused-ring (bicyclic) bond motifs is 4. The van der Waals surface area contributed by atoms with Crippen molar-refractivity contribution in [2.45, 2.75) is 71.8 Å². The van der Waals surface area contributed by atoms with Gasteiger partial charge in [-0.3, -0.25) is 9.48 Å². The molecule has 0 amide bonds. The van der Waals surface area contributed by atoms with Crippen LogP contribution in [0.5, 0.6) is 0 Å². The van der Waals surface area contributed by atoms with Crippen LogP contribution in [0, 0.1) is 40.4 Å². The van der Waals surface area contributed by atoms with Crippen LogP contribution in [-0.4, -0.2) is 41.0 Å². The molecule has 5 nitrogen and oxygen atoms in total. The fraction of sp³-hybridized carbons (Fsp3) is 0.724. The highest BCUT2D eigenvalue weighted by molar-refractivity contribution is 6.31. The Morgan fingerprint density at radius 1 is 1.23 bits per heavy atom. The maximum absolute atomic E-state index is 13.7. The van der Waals surface area contributed by atoms with Gasteiger partial charge in [-0.25, -0.2) is 0 Å². The number of ether oxygens (including phenoxy) is 1. The summed E-state index contributed by atoms with van der Waals surface area (Å²) in [7, 11) is 1.82. The van der Waals surface area contributed by atoms with E-state index in [-0.39, 0.29) is 23.4 Å². The molecule has 35 heavy (non-hydrogen) atoms. The number of nitrogens with zero attached hydrogens (tertiary/aromatic N) is 2. The molecule has 3 aliphatic carbocycles. The van der Waals surface area contributed by atoms with Crippen LogP contribution < -0.4 is 0 Å². The van der Waals surface area contributed by atoms with Crippen LogP contribution in [0.3, 0.4) is 0 Å². The monoisotopic (exact) mass is 500 g/mol. The summed E-state index contributed by atoms with van der Waals surface area (Å²) in [5.74, 6) is 2.51. The number of benzene rings is 1. The molecule has 1 heterocycles. The summed E-state index contributed by atoms with van der Waals surface area (Å²) in [4.78, 5) is 13.7. The van der Waals surface area contributed by atoms with E-state index in [9.17, 15) is 9.90 Å². The van der Waals surface area contributed by atoms with Crippen LogP contribution in [0.15, 0.2) is 24.4 Å². The SMILES string of the molecule is CCCC1(COC)C2CCC3(C)C(C(=O)Cn4ncc5ccc(Cl)cc54)CCC3C2CC[C@@H]1CO. The molecule has 1 N–H and O–H groups in total. The lowest BCUT2D eigenvalue weighted by molar-refractivity contribution is -0.148. The number of Topliss-reactive ketones (excluding diaryl/α,β-unsaturated/α-hetero) is 1. The van der Waals surface area contributed by atoms with Crippen molar-refractivity contribution in [1.82, 2.24) is 9.78 Å². The van der Waals surface area contributed by atoms with Gasteiger partial charge in [-0.15, -0.1) is 0 Å². The molecule has 7 atom stereocenters. The van der Waals surface area contributed by atoms with Crippen molar-refractivity contribution in [3.63, 3.8) is 0 Å². The first-order chi connectivity index (χ1) is 16.9. The summed E-state index contributed by atoms with van der Waals surface area (Å²) >= 11 is 6.23. The Bertz CT molecular complexity index is 1060. The van der Waals surface area contributed by atoms with Gasteiger partial charge in [0.25, 0.3) is 0 Å². The molecular weight excluding hydrogens is 460 g/mol. The first-order valence-electron chi connectivity index (χ1n) is 13.6. The molecule has 0 aliphatic heterocycles. The molecule has 192 valence electrons. The minimum atomic E-state index is 0.0515. The normalized spacial score (nSPS) is 36.8. The number of carbonyl (C=O) groups is 1. The van der Waals surface area contributed by atoms with E-state index in [1.807, 2.05) is 36.2 Å². The molecule has 5 rings (SSSR count). The summed E-state index contributed by atoms with van der Waals surface area (Å²) in [5.41, 5.74) is 1.05. The third-order valence-corrected chi connectivity index (χ3v) is 10.7. The summed E-state index contributed by atoms with van der Waals surface area (Å²) in [6, 6.07) is 5.74. The maximum Gasteiger partial charge on any atom is 0.157 e. The number of ketones is 1. The summed E-state index contributed by atoms with van der Waals surface area (Å²) < 4.78 is 7.67. The topological polar surface area (TPSA) is 64.4 Å². The molecule has 0 saturated heterocycles. The molecule has 1 aromatic heterocycles. The van der Waals surface area contributed by atoms with Gasteiger partial charge in [0.05, 0.1) is 18.3 Å². The van der Waals surface area contributed by atoms with E-state index < -0.39 is 0 Å². The molecule has 1 aromatic carbocycles. The molecule has 6 unspecified atom stereocenters. The Kier molecular flexibility index (Phi) is 7.06. The fourth-order valence-electron chi connectivity index (χ4n) is 9.04. The second kappa shape index (κ2) is 9.79. The van der Waals surface area contributed by atoms with Gasteiger partial charge in [0.1, 0.15) is 6.54 Å². The van der Waals surface area contributed by atoms with Crippen molar-refractivity contribution in [3.8, 4) is 0 Å². The highest BCUT2D eigenvalue weighted by Crippen LogP contribution is 2.66. The number of hydrogen-bond donors (Lipinski definition) is 1. The van der Waals surface area contributed by atoms with E-state index in [0.29, 0.717) is 41.0 Å². The van der Waals surface area contributed by atoms with Crippen LogP contribution in [-0.2, 0) is 16.1 Å². The molecular formula is C29H41ClN2O3. The van der Waals surface area contributed by atoms with Crippen LogP contribution in [0.4, 0.5) is 0 Å². The zero-order chi connectivity index (χ0) is 24.8. The molecule has 6 heteroatoms. The maximum atomic E-state index is 13.7. The minimum Gasteiger partial charge on any atom is -0.396 e. The van der Waals surface area contributed by atoms with E-state index in [4.69, 9.17) is 16.3 Å². The summed E-state index contributed by atoms with van der Waals surface area (Å²) in [6.07, 6.45) is 10.7. The second-order valence-electron chi connectivity index (χ2n) is 11.9. The highest BCUT2D eigenvalue weighted by Gasteiger charge is 2.61. The van der Waals surface area contributed by atoms with Gasteiger partial charge in [-0.05, 0) is 92.2 Å². The van der Waals surface area contributed by atoms with Gasteiger partial charge >= 0.3 is 0 Å². The zero-order valence-corrected chi connectivity index (χ0v) is 22.3. The van der Waals surface area contributed by atoms with Crippen molar-refractivity contribution in [2.24, 2.45) is 40.4 Å². The summed E-state index contributed by atoms with van der Waals surface area (Å²) in [6.45, 7) is 5.99. The molecule has 3 saturated carbocycles. The van der Waals surface area contributed by atoms with Crippen LogP contribution in [0.1, 0.15) is 65.2 Å². The number of carbonyl (C=O) groups excluding carboxylic acids is 1. The molecule has 3 aliphatic rings. The quantitative estimate of drug-likeness (QED) is 0.472. The van der Waals surface area contributed by atoms with Gasteiger partial charge in [-0.1, -0.05) is 31.9 Å². The van der Waals surface area contributed by atoms with E-state index in [1.165, 1.54) is 6.42 Å². The van der Waals surface area contributed by atoms with Crippen molar-refractivity contribution < 1.29 is 14.6 Å². The lowest BCUT2D eigenvalue weighted by Crippen LogP contribution is -2.55. The second-order valence-corrected chi connectivity index (χ2v) is 12.3. The number of methoxy groups -OCH3 is 1. The largest absolute Gasteiger partial charge is 0.396 e. The van der Waals surface area contributed by atoms with E-state index >= 15 is 0 Å².